The van der Waals surface area contributed by atoms with E-state index in [0.29, 0.717) is 18.1 Å². The minimum absolute atomic E-state index is 0.336. The van der Waals surface area contributed by atoms with Crippen molar-refractivity contribution in [2.24, 2.45) is 11.3 Å². The van der Waals surface area contributed by atoms with Crippen LogP contribution in [0.15, 0.2) is 0 Å². The topological polar surface area (TPSA) is 41.5 Å². The van der Waals surface area contributed by atoms with E-state index in [1.54, 1.807) is 0 Å². The van der Waals surface area contributed by atoms with E-state index in [0.717, 1.165) is 44.7 Å². The van der Waals surface area contributed by atoms with E-state index >= 15 is 0 Å². The molecule has 1 saturated carbocycles. The molecule has 0 aromatic heterocycles. The highest BCUT2D eigenvalue weighted by Crippen LogP contribution is 2.40. The van der Waals surface area contributed by atoms with Crippen molar-refractivity contribution < 1.29 is 9.84 Å². The molecule has 0 radical (unpaired) electrons. The van der Waals surface area contributed by atoms with Gasteiger partial charge in [-0.1, -0.05) is 20.8 Å². The van der Waals surface area contributed by atoms with Gasteiger partial charge in [0, 0.05) is 0 Å². The van der Waals surface area contributed by atoms with Gasteiger partial charge in [-0.3, -0.25) is 0 Å². The highest BCUT2D eigenvalue weighted by Gasteiger charge is 2.35. The summed E-state index contributed by atoms with van der Waals surface area (Å²) in [5, 5.41) is 13.7. The zero-order valence-corrected chi connectivity index (χ0v) is 12.2. The molecule has 1 heterocycles. The van der Waals surface area contributed by atoms with Gasteiger partial charge in [-0.05, 0) is 56.5 Å². The average molecular weight is 255 g/mol. The van der Waals surface area contributed by atoms with Gasteiger partial charge >= 0.3 is 0 Å². The zero-order valence-electron chi connectivity index (χ0n) is 12.2. The number of rotatable bonds is 3. The maximum Gasteiger partial charge on any atom is 0.0904 e. The lowest BCUT2D eigenvalue weighted by Crippen LogP contribution is -2.46. The van der Waals surface area contributed by atoms with Crippen molar-refractivity contribution >= 4 is 0 Å². The fourth-order valence-corrected chi connectivity index (χ4v) is 3.69. The Hall–Kier alpha value is -0.120. The molecule has 106 valence electrons. The van der Waals surface area contributed by atoms with Crippen LogP contribution in [-0.2, 0) is 4.74 Å². The standard InChI is InChI=1S/C15H29NO2/c1-12-8-13(10-14(2,3)9-12)18-11-15(17)4-6-16-7-5-15/h12-13,16-17H,4-11H2,1-3H3. The second-order valence-electron chi connectivity index (χ2n) is 7.32. The van der Waals surface area contributed by atoms with Crippen LogP contribution in [0, 0.1) is 11.3 Å². The van der Waals surface area contributed by atoms with Crippen LogP contribution in [-0.4, -0.2) is 36.5 Å². The monoisotopic (exact) mass is 255 g/mol. The van der Waals surface area contributed by atoms with Crippen LogP contribution >= 0.6 is 0 Å². The molecule has 2 N–H and O–H groups in total. The Morgan fingerprint density at radius 1 is 1.22 bits per heavy atom. The van der Waals surface area contributed by atoms with E-state index in [-0.39, 0.29) is 0 Å². The Morgan fingerprint density at radius 2 is 1.89 bits per heavy atom. The predicted octanol–water partition coefficient (Wildman–Crippen LogP) is 2.33. The fourth-order valence-electron chi connectivity index (χ4n) is 3.69. The summed E-state index contributed by atoms with van der Waals surface area (Å²) in [4.78, 5) is 0. The molecular weight excluding hydrogens is 226 g/mol. The van der Waals surface area contributed by atoms with Gasteiger partial charge in [-0.15, -0.1) is 0 Å². The Balaban J connectivity index is 1.82. The molecule has 3 nitrogen and oxygen atoms in total. The Bertz CT molecular complexity index is 272. The molecule has 18 heavy (non-hydrogen) atoms. The third-order valence-electron chi connectivity index (χ3n) is 4.47. The maximum absolute atomic E-state index is 10.4. The Morgan fingerprint density at radius 3 is 2.50 bits per heavy atom. The van der Waals surface area contributed by atoms with Crippen LogP contribution in [0.25, 0.3) is 0 Å². The summed E-state index contributed by atoms with van der Waals surface area (Å²) >= 11 is 0. The van der Waals surface area contributed by atoms with Gasteiger partial charge in [-0.2, -0.15) is 0 Å². The smallest absolute Gasteiger partial charge is 0.0904 e. The summed E-state index contributed by atoms with van der Waals surface area (Å²) in [6.07, 6.45) is 5.55. The molecule has 1 saturated heterocycles. The molecule has 1 aliphatic heterocycles. The number of hydrogen-bond donors (Lipinski definition) is 2. The second-order valence-corrected chi connectivity index (χ2v) is 7.32. The van der Waals surface area contributed by atoms with E-state index in [2.05, 4.69) is 26.1 Å². The summed E-state index contributed by atoms with van der Waals surface area (Å²) in [5.74, 6) is 0.737. The third kappa shape index (κ3) is 3.94. The van der Waals surface area contributed by atoms with Crippen molar-refractivity contribution in [3.63, 3.8) is 0 Å². The molecule has 2 aliphatic rings. The number of piperidine rings is 1. The number of ether oxygens (including phenoxy) is 1. The van der Waals surface area contributed by atoms with E-state index in [1.807, 2.05) is 0 Å². The van der Waals surface area contributed by atoms with Crippen LogP contribution in [0.5, 0.6) is 0 Å². The van der Waals surface area contributed by atoms with Crippen LogP contribution in [0.1, 0.15) is 52.9 Å². The molecule has 0 spiro atoms. The van der Waals surface area contributed by atoms with Crippen molar-refractivity contribution in [3.05, 3.63) is 0 Å². The minimum Gasteiger partial charge on any atom is -0.387 e. The largest absolute Gasteiger partial charge is 0.387 e. The number of aliphatic hydroxyl groups is 1. The van der Waals surface area contributed by atoms with E-state index < -0.39 is 5.60 Å². The van der Waals surface area contributed by atoms with Crippen LogP contribution in [0.2, 0.25) is 0 Å². The lowest BCUT2D eigenvalue weighted by Gasteiger charge is -2.40. The zero-order chi connectivity index (χ0) is 13.2. The van der Waals surface area contributed by atoms with Crippen molar-refractivity contribution in [1.29, 1.82) is 0 Å². The van der Waals surface area contributed by atoms with Gasteiger partial charge < -0.3 is 15.2 Å². The van der Waals surface area contributed by atoms with Crippen LogP contribution in [0.3, 0.4) is 0 Å². The van der Waals surface area contributed by atoms with Gasteiger partial charge in [0.25, 0.3) is 0 Å². The van der Waals surface area contributed by atoms with Gasteiger partial charge in [0.05, 0.1) is 18.3 Å². The lowest BCUT2D eigenvalue weighted by atomic mass is 9.71. The van der Waals surface area contributed by atoms with Crippen molar-refractivity contribution in [3.8, 4) is 0 Å². The summed E-state index contributed by atoms with van der Waals surface area (Å²) < 4.78 is 6.05. The first kappa shape index (κ1) is 14.3. The van der Waals surface area contributed by atoms with Crippen molar-refractivity contribution in [1.82, 2.24) is 5.32 Å². The van der Waals surface area contributed by atoms with Gasteiger partial charge in [0.2, 0.25) is 0 Å². The summed E-state index contributed by atoms with van der Waals surface area (Å²) in [6, 6.07) is 0. The predicted molar refractivity (Wildman–Crippen MR) is 73.6 cm³/mol. The molecule has 2 fully saturated rings. The normalized spacial score (nSPS) is 35.3. The fraction of sp³-hybridized carbons (Fsp3) is 1.00. The third-order valence-corrected chi connectivity index (χ3v) is 4.47. The minimum atomic E-state index is -0.587. The molecule has 0 amide bonds. The molecule has 2 unspecified atom stereocenters. The average Bonchev–Trinajstić information content (AvgIpc) is 2.25. The molecular formula is C15H29NO2. The maximum atomic E-state index is 10.4. The second kappa shape index (κ2) is 5.48. The highest BCUT2D eigenvalue weighted by atomic mass is 16.5. The SMILES string of the molecule is CC1CC(OCC2(O)CCNCC2)CC(C)(C)C1. The summed E-state index contributed by atoms with van der Waals surface area (Å²) in [6.45, 7) is 9.31. The van der Waals surface area contributed by atoms with Crippen LogP contribution < -0.4 is 5.32 Å². The molecule has 0 bridgehead atoms. The first-order chi connectivity index (χ1) is 8.39. The van der Waals surface area contributed by atoms with Gasteiger partial charge in [0.15, 0.2) is 0 Å². The van der Waals surface area contributed by atoms with Gasteiger partial charge in [0.1, 0.15) is 0 Å². The Kier molecular flexibility index (Phi) is 4.35. The highest BCUT2D eigenvalue weighted by molar-refractivity contribution is 4.87. The first-order valence-corrected chi connectivity index (χ1v) is 7.43. The van der Waals surface area contributed by atoms with Gasteiger partial charge in [-0.25, -0.2) is 0 Å². The van der Waals surface area contributed by atoms with E-state index in [1.165, 1.54) is 6.42 Å². The molecule has 0 aromatic rings. The summed E-state index contributed by atoms with van der Waals surface area (Å²) in [7, 11) is 0. The molecule has 2 rings (SSSR count). The molecule has 0 aromatic carbocycles. The van der Waals surface area contributed by atoms with Crippen molar-refractivity contribution in [2.45, 2.75) is 64.6 Å². The molecule has 1 aliphatic carbocycles. The first-order valence-electron chi connectivity index (χ1n) is 7.43. The summed E-state index contributed by atoms with van der Waals surface area (Å²) in [5.41, 5.74) is -0.199. The lowest BCUT2D eigenvalue weighted by molar-refractivity contribution is -0.108. The van der Waals surface area contributed by atoms with Crippen molar-refractivity contribution in [2.75, 3.05) is 19.7 Å². The van der Waals surface area contributed by atoms with E-state index in [4.69, 9.17) is 4.74 Å². The van der Waals surface area contributed by atoms with E-state index in [9.17, 15) is 5.11 Å². The van der Waals surface area contributed by atoms with Crippen LogP contribution in [0.4, 0.5) is 0 Å². The quantitative estimate of drug-likeness (QED) is 0.813. The number of nitrogens with one attached hydrogen (secondary N) is 1. The number of hydrogen-bond acceptors (Lipinski definition) is 3. The molecule has 3 heteroatoms. The molecule has 2 atom stereocenters. The Labute approximate surface area is 111 Å².